The molecular weight excluding hydrogens is 238 g/mol. The highest BCUT2D eigenvalue weighted by Crippen LogP contribution is 2.24. The second-order valence-electron chi connectivity index (χ2n) is 4.69. The molecule has 0 saturated carbocycles. The highest BCUT2D eigenvalue weighted by atomic mass is 32.2. The monoisotopic (exact) mass is 255 g/mol. The number of Topliss-reactive ketones (excluding diaryl/α,β-unsaturated/α-hetero) is 1. The molecular formula is C12H17NO3S. The normalized spacial score (nSPS) is 12.5. The van der Waals surface area contributed by atoms with E-state index < -0.39 is 20.4 Å². The minimum Gasteiger partial charge on any atom is -0.399 e. The van der Waals surface area contributed by atoms with Gasteiger partial charge in [-0.3, -0.25) is 4.79 Å². The van der Waals surface area contributed by atoms with Crippen LogP contribution in [-0.4, -0.2) is 25.2 Å². The van der Waals surface area contributed by atoms with E-state index in [1.54, 1.807) is 25.1 Å². The Balaban J connectivity index is 3.32. The summed E-state index contributed by atoms with van der Waals surface area (Å²) in [7, 11) is -3.46. The Morgan fingerprint density at radius 3 is 2.24 bits per heavy atom. The summed E-state index contributed by atoms with van der Waals surface area (Å²) >= 11 is 0. The van der Waals surface area contributed by atoms with Gasteiger partial charge in [0.25, 0.3) is 0 Å². The second-order valence-corrected chi connectivity index (χ2v) is 7.25. The Bertz CT molecular complexity index is 559. The molecule has 0 spiro atoms. The van der Waals surface area contributed by atoms with Crippen molar-refractivity contribution in [1.82, 2.24) is 0 Å². The molecule has 0 aliphatic rings. The summed E-state index contributed by atoms with van der Waals surface area (Å²) in [6.07, 6.45) is 1.07. The van der Waals surface area contributed by atoms with Gasteiger partial charge in [0.2, 0.25) is 0 Å². The quantitative estimate of drug-likeness (QED) is 0.657. The minimum absolute atomic E-state index is 0.398. The molecule has 5 heteroatoms. The smallest absolute Gasteiger partial charge is 0.183 e. The van der Waals surface area contributed by atoms with Crippen molar-refractivity contribution in [1.29, 1.82) is 0 Å². The number of nitrogens with two attached hydrogens (primary N) is 1. The van der Waals surface area contributed by atoms with E-state index in [9.17, 15) is 13.2 Å². The number of nitrogen functional groups attached to an aromatic ring is 1. The molecule has 1 aromatic carbocycles. The largest absolute Gasteiger partial charge is 0.399 e. The predicted molar refractivity (Wildman–Crippen MR) is 68.8 cm³/mol. The summed E-state index contributed by atoms with van der Waals surface area (Å²) in [5.41, 5.74) is 7.23. The first-order valence-electron chi connectivity index (χ1n) is 5.18. The average Bonchev–Trinajstić information content (AvgIpc) is 2.14. The number of sulfone groups is 1. The van der Waals surface area contributed by atoms with Gasteiger partial charge in [0.15, 0.2) is 15.6 Å². The Hall–Kier alpha value is -1.36. The summed E-state index contributed by atoms with van der Waals surface area (Å²) in [6, 6.07) is 4.82. The third-order valence-electron chi connectivity index (χ3n) is 2.97. The summed E-state index contributed by atoms with van der Waals surface area (Å²) < 4.78 is 21.8. The van der Waals surface area contributed by atoms with Gasteiger partial charge in [-0.1, -0.05) is 0 Å². The molecule has 0 aromatic heterocycles. The molecule has 0 amide bonds. The molecule has 17 heavy (non-hydrogen) atoms. The van der Waals surface area contributed by atoms with Crippen molar-refractivity contribution in [2.45, 2.75) is 25.5 Å². The molecule has 94 valence electrons. The van der Waals surface area contributed by atoms with Crippen LogP contribution in [0.15, 0.2) is 18.2 Å². The Kier molecular flexibility index (Phi) is 3.34. The van der Waals surface area contributed by atoms with Crippen molar-refractivity contribution in [2.24, 2.45) is 0 Å². The standard InChI is InChI=1S/C12H17NO3S/c1-8-7-9(13)5-6-10(8)11(14)12(2,3)17(4,15)16/h5-7H,13H2,1-4H3. The second kappa shape index (κ2) is 4.14. The van der Waals surface area contributed by atoms with Crippen LogP contribution in [0.2, 0.25) is 0 Å². The van der Waals surface area contributed by atoms with Crippen molar-refractivity contribution in [2.75, 3.05) is 12.0 Å². The van der Waals surface area contributed by atoms with E-state index in [0.29, 0.717) is 16.8 Å². The molecule has 0 radical (unpaired) electrons. The van der Waals surface area contributed by atoms with Crippen LogP contribution in [0.5, 0.6) is 0 Å². The van der Waals surface area contributed by atoms with Gasteiger partial charge in [-0.2, -0.15) is 0 Å². The zero-order valence-corrected chi connectivity index (χ0v) is 11.3. The van der Waals surface area contributed by atoms with Crippen LogP contribution < -0.4 is 5.73 Å². The Morgan fingerprint density at radius 2 is 1.82 bits per heavy atom. The van der Waals surface area contributed by atoms with Crippen LogP contribution in [0.25, 0.3) is 0 Å². The number of hydrogen-bond acceptors (Lipinski definition) is 4. The van der Waals surface area contributed by atoms with Gasteiger partial charge in [0.1, 0.15) is 4.75 Å². The van der Waals surface area contributed by atoms with Crippen LogP contribution in [-0.2, 0) is 9.84 Å². The third-order valence-corrected chi connectivity index (χ3v) is 5.01. The number of anilines is 1. The molecule has 1 rings (SSSR count). The zero-order valence-electron chi connectivity index (χ0n) is 10.4. The van der Waals surface area contributed by atoms with E-state index in [-0.39, 0.29) is 0 Å². The SMILES string of the molecule is Cc1cc(N)ccc1C(=O)C(C)(C)S(C)(=O)=O. The van der Waals surface area contributed by atoms with Gasteiger partial charge in [0.05, 0.1) is 0 Å². The van der Waals surface area contributed by atoms with Crippen molar-refractivity contribution in [3.05, 3.63) is 29.3 Å². The maximum absolute atomic E-state index is 12.2. The molecule has 0 heterocycles. The fourth-order valence-electron chi connectivity index (χ4n) is 1.43. The van der Waals surface area contributed by atoms with E-state index in [4.69, 9.17) is 5.73 Å². The van der Waals surface area contributed by atoms with Gasteiger partial charge < -0.3 is 5.73 Å². The molecule has 0 fully saturated rings. The number of carbonyl (C=O) groups is 1. The summed E-state index contributed by atoms with van der Waals surface area (Å²) in [6.45, 7) is 4.57. The number of hydrogen-bond donors (Lipinski definition) is 1. The van der Waals surface area contributed by atoms with Gasteiger partial charge in [-0.15, -0.1) is 0 Å². The van der Waals surface area contributed by atoms with E-state index >= 15 is 0 Å². The Labute approximate surface area is 102 Å². The maximum Gasteiger partial charge on any atom is 0.183 e. The lowest BCUT2D eigenvalue weighted by molar-refractivity contribution is 0.0953. The number of rotatable bonds is 3. The lowest BCUT2D eigenvalue weighted by Crippen LogP contribution is -2.40. The zero-order chi connectivity index (χ0) is 13.4. The fraction of sp³-hybridized carbons (Fsp3) is 0.417. The molecule has 0 aliphatic heterocycles. The number of carbonyl (C=O) groups excluding carboxylic acids is 1. The number of ketones is 1. The first-order valence-corrected chi connectivity index (χ1v) is 7.07. The van der Waals surface area contributed by atoms with Crippen molar-refractivity contribution in [3.63, 3.8) is 0 Å². The lowest BCUT2D eigenvalue weighted by Gasteiger charge is -2.21. The number of benzene rings is 1. The summed E-state index contributed by atoms with van der Waals surface area (Å²) in [5.74, 6) is -0.405. The van der Waals surface area contributed by atoms with Crippen molar-refractivity contribution >= 4 is 21.3 Å². The lowest BCUT2D eigenvalue weighted by atomic mass is 9.96. The molecule has 1 aromatic rings. The highest BCUT2D eigenvalue weighted by Gasteiger charge is 2.39. The Morgan fingerprint density at radius 1 is 1.29 bits per heavy atom. The first kappa shape index (κ1) is 13.7. The van der Waals surface area contributed by atoms with Crippen LogP contribution in [0.3, 0.4) is 0 Å². The van der Waals surface area contributed by atoms with Gasteiger partial charge >= 0.3 is 0 Å². The van der Waals surface area contributed by atoms with E-state index in [1.807, 2.05) is 0 Å². The van der Waals surface area contributed by atoms with Crippen LogP contribution in [0, 0.1) is 6.92 Å². The fourth-order valence-corrected chi connectivity index (χ4v) is 1.88. The van der Waals surface area contributed by atoms with Crippen molar-refractivity contribution in [3.8, 4) is 0 Å². The van der Waals surface area contributed by atoms with E-state index in [2.05, 4.69) is 0 Å². The average molecular weight is 255 g/mol. The molecule has 4 nitrogen and oxygen atoms in total. The highest BCUT2D eigenvalue weighted by molar-refractivity contribution is 7.92. The number of aryl methyl sites for hydroxylation is 1. The van der Waals surface area contributed by atoms with Crippen LogP contribution in [0.4, 0.5) is 5.69 Å². The van der Waals surface area contributed by atoms with Gasteiger partial charge in [-0.05, 0) is 44.5 Å². The topological polar surface area (TPSA) is 77.2 Å². The summed E-state index contributed by atoms with van der Waals surface area (Å²) in [5, 5.41) is 0. The van der Waals surface area contributed by atoms with Gasteiger partial charge in [0, 0.05) is 17.5 Å². The van der Waals surface area contributed by atoms with Gasteiger partial charge in [-0.25, -0.2) is 8.42 Å². The molecule has 0 bridgehead atoms. The van der Waals surface area contributed by atoms with E-state index in [0.717, 1.165) is 6.26 Å². The van der Waals surface area contributed by atoms with Crippen molar-refractivity contribution < 1.29 is 13.2 Å². The molecule has 0 unspecified atom stereocenters. The molecule has 2 N–H and O–H groups in total. The maximum atomic E-state index is 12.2. The molecule has 0 atom stereocenters. The molecule has 0 saturated heterocycles. The first-order chi connectivity index (χ1) is 7.57. The summed E-state index contributed by atoms with van der Waals surface area (Å²) in [4.78, 5) is 12.2. The van der Waals surface area contributed by atoms with Crippen LogP contribution in [0.1, 0.15) is 29.8 Å². The molecule has 0 aliphatic carbocycles. The van der Waals surface area contributed by atoms with E-state index in [1.165, 1.54) is 13.8 Å². The predicted octanol–water partition coefficient (Wildman–Crippen LogP) is 1.58. The minimum atomic E-state index is -3.46. The van der Waals surface area contributed by atoms with Crippen LogP contribution >= 0.6 is 0 Å². The third kappa shape index (κ3) is 2.49.